The van der Waals surface area contributed by atoms with Crippen molar-refractivity contribution >= 4 is 0 Å². The SMILES string of the molecule is C/C=C/CCCC1CCC(C)/C2=C(\CCC1C)C(C)CCC(C)C(C)(C)C(C)CC2. The minimum atomic E-state index is 0.464. The van der Waals surface area contributed by atoms with Gasteiger partial charge >= 0.3 is 0 Å². The first-order valence-electron chi connectivity index (χ1n) is 13.5. The van der Waals surface area contributed by atoms with Crippen LogP contribution in [0.1, 0.15) is 126 Å². The number of hydrogen-bond donors (Lipinski definition) is 0. The lowest BCUT2D eigenvalue weighted by Gasteiger charge is -2.40. The summed E-state index contributed by atoms with van der Waals surface area (Å²) in [6.45, 7) is 20.0. The van der Waals surface area contributed by atoms with Crippen molar-refractivity contribution in [2.24, 2.45) is 40.9 Å². The summed E-state index contributed by atoms with van der Waals surface area (Å²) in [5.41, 5.74) is 4.25. The predicted molar refractivity (Wildman–Crippen MR) is 136 cm³/mol. The molecule has 6 unspecified atom stereocenters. The van der Waals surface area contributed by atoms with Gasteiger partial charge in [0.05, 0.1) is 0 Å². The normalized spacial score (nSPS) is 39.1. The summed E-state index contributed by atoms with van der Waals surface area (Å²) >= 11 is 0. The van der Waals surface area contributed by atoms with E-state index in [1.54, 1.807) is 0 Å². The third kappa shape index (κ3) is 6.74. The number of hydrogen-bond acceptors (Lipinski definition) is 0. The van der Waals surface area contributed by atoms with E-state index in [0.717, 1.165) is 35.5 Å². The lowest BCUT2D eigenvalue weighted by atomic mass is 9.65. The molecule has 0 heterocycles. The summed E-state index contributed by atoms with van der Waals surface area (Å²) in [6, 6.07) is 0. The first-order chi connectivity index (χ1) is 14.2. The Morgan fingerprint density at radius 3 is 1.97 bits per heavy atom. The van der Waals surface area contributed by atoms with Crippen LogP contribution >= 0.6 is 0 Å². The van der Waals surface area contributed by atoms with Crippen LogP contribution in [0.3, 0.4) is 0 Å². The van der Waals surface area contributed by atoms with Crippen LogP contribution in [0.5, 0.6) is 0 Å². The van der Waals surface area contributed by atoms with Crippen molar-refractivity contribution < 1.29 is 0 Å². The van der Waals surface area contributed by atoms with Crippen LogP contribution in [0.15, 0.2) is 23.3 Å². The highest BCUT2D eigenvalue weighted by Gasteiger charge is 2.34. The molecule has 0 nitrogen and oxygen atoms in total. The van der Waals surface area contributed by atoms with Gasteiger partial charge in [-0.3, -0.25) is 0 Å². The molecule has 30 heavy (non-hydrogen) atoms. The zero-order chi connectivity index (χ0) is 22.3. The highest BCUT2D eigenvalue weighted by Crippen LogP contribution is 2.45. The fourth-order valence-corrected chi connectivity index (χ4v) is 6.36. The second-order valence-corrected chi connectivity index (χ2v) is 11.9. The molecule has 0 aromatic heterocycles. The van der Waals surface area contributed by atoms with Crippen molar-refractivity contribution in [2.75, 3.05) is 0 Å². The van der Waals surface area contributed by atoms with Gasteiger partial charge in [-0.1, -0.05) is 71.8 Å². The van der Waals surface area contributed by atoms with Gasteiger partial charge in [-0.05, 0) is 118 Å². The Kier molecular flexibility index (Phi) is 10.2. The summed E-state index contributed by atoms with van der Waals surface area (Å²) in [4.78, 5) is 0. The fraction of sp³-hybridized carbons (Fsp3) is 0.867. The van der Waals surface area contributed by atoms with E-state index < -0.39 is 0 Å². The second-order valence-electron chi connectivity index (χ2n) is 11.9. The second kappa shape index (κ2) is 11.9. The first kappa shape index (κ1) is 25.7. The Bertz CT molecular complexity index is 563. The summed E-state index contributed by atoms with van der Waals surface area (Å²) in [6.07, 6.45) is 19.8. The molecule has 0 radical (unpaired) electrons. The zero-order valence-corrected chi connectivity index (χ0v) is 21.9. The van der Waals surface area contributed by atoms with E-state index in [0.29, 0.717) is 5.41 Å². The van der Waals surface area contributed by atoms with Gasteiger partial charge < -0.3 is 0 Å². The first-order valence-corrected chi connectivity index (χ1v) is 13.5. The van der Waals surface area contributed by atoms with Gasteiger partial charge in [0, 0.05) is 0 Å². The van der Waals surface area contributed by atoms with Gasteiger partial charge in [-0.15, -0.1) is 0 Å². The van der Waals surface area contributed by atoms with Gasteiger partial charge in [-0.25, -0.2) is 0 Å². The Morgan fingerprint density at radius 1 is 0.767 bits per heavy atom. The highest BCUT2D eigenvalue weighted by molar-refractivity contribution is 5.20. The average Bonchev–Trinajstić information content (AvgIpc) is 2.76. The molecule has 2 aliphatic carbocycles. The van der Waals surface area contributed by atoms with E-state index >= 15 is 0 Å². The maximum Gasteiger partial charge on any atom is -0.0229 e. The van der Waals surface area contributed by atoms with Crippen molar-refractivity contribution in [3.05, 3.63) is 23.3 Å². The molecule has 0 bridgehead atoms. The van der Waals surface area contributed by atoms with E-state index in [9.17, 15) is 0 Å². The van der Waals surface area contributed by atoms with Crippen LogP contribution in [0, 0.1) is 40.9 Å². The molecule has 174 valence electrons. The summed E-state index contributed by atoms with van der Waals surface area (Å²) in [7, 11) is 0. The van der Waals surface area contributed by atoms with E-state index in [1.165, 1.54) is 70.6 Å². The minimum absolute atomic E-state index is 0.464. The monoisotopic (exact) mass is 414 g/mol. The predicted octanol–water partition coefficient (Wildman–Crippen LogP) is 10.0. The topological polar surface area (TPSA) is 0 Å². The van der Waals surface area contributed by atoms with Crippen molar-refractivity contribution in [2.45, 2.75) is 126 Å². The molecule has 0 heteroatoms. The molecule has 0 amide bonds. The van der Waals surface area contributed by atoms with Gasteiger partial charge in [0.15, 0.2) is 0 Å². The molecule has 0 aliphatic heterocycles. The van der Waals surface area contributed by atoms with Gasteiger partial charge in [0.2, 0.25) is 0 Å². The van der Waals surface area contributed by atoms with Crippen LogP contribution in [0.2, 0.25) is 0 Å². The van der Waals surface area contributed by atoms with Crippen LogP contribution in [-0.2, 0) is 0 Å². The Morgan fingerprint density at radius 2 is 1.33 bits per heavy atom. The number of allylic oxidation sites excluding steroid dienone is 4. The van der Waals surface area contributed by atoms with Crippen molar-refractivity contribution in [1.82, 2.24) is 0 Å². The molecule has 0 saturated heterocycles. The molecule has 2 rings (SSSR count). The molecule has 6 atom stereocenters. The number of rotatable bonds is 4. The molecule has 0 N–H and O–H groups in total. The largest absolute Gasteiger partial charge is 0.0917 e. The lowest BCUT2D eigenvalue weighted by Crippen LogP contribution is -2.31. The molecule has 0 saturated carbocycles. The summed E-state index contributed by atoms with van der Waals surface area (Å²) in [5.74, 6) is 5.03. The van der Waals surface area contributed by atoms with E-state index in [1.807, 2.05) is 11.1 Å². The highest BCUT2D eigenvalue weighted by atomic mass is 14.4. The van der Waals surface area contributed by atoms with Crippen LogP contribution in [0.4, 0.5) is 0 Å². The van der Waals surface area contributed by atoms with Gasteiger partial charge in [-0.2, -0.15) is 0 Å². The molecule has 0 spiro atoms. The zero-order valence-electron chi connectivity index (χ0n) is 21.9. The summed E-state index contributed by atoms with van der Waals surface area (Å²) < 4.78 is 0. The van der Waals surface area contributed by atoms with E-state index in [2.05, 4.69) is 67.5 Å². The van der Waals surface area contributed by atoms with E-state index in [-0.39, 0.29) is 0 Å². The fourth-order valence-electron chi connectivity index (χ4n) is 6.36. The molecule has 0 aromatic carbocycles. The number of unbranched alkanes of at least 4 members (excludes halogenated alkanes) is 1. The van der Waals surface area contributed by atoms with Gasteiger partial charge in [0.1, 0.15) is 0 Å². The molecule has 0 fully saturated rings. The maximum atomic E-state index is 2.57. The van der Waals surface area contributed by atoms with E-state index in [4.69, 9.17) is 0 Å². The maximum absolute atomic E-state index is 2.57. The summed E-state index contributed by atoms with van der Waals surface area (Å²) in [5, 5.41) is 0. The minimum Gasteiger partial charge on any atom is -0.0917 e. The van der Waals surface area contributed by atoms with Crippen LogP contribution in [-0.4, -0.2) is 0 Å². The molecule has 0 aromatic rings. The third-order valence-corrected chi connectivity index (χ3v) is 9.85. The van der Waals surface area contributed by atoms with Gasteiger partial charge in [0.25, 0.3) is 0 Å². The molecule has 2 aliphatic rings. The third-order valence-electron chi connectivity index (χ3n) is 9.85. The van der Waals surface area contributed by atoms with Crippen molar-refractivity contribution in [3.8, 4) is 0 Å². The van der Waals surface area contributed by atoms with Crippen molar-refractivity contribution in [1.29, 1.82) is 0 Å². The standard InChI is InChI=1S/C30H54/c1-9-10-11-12-13-27-19-15-24(4)29-21-18-26(6)30(7,8)25(5)17-14-23(3)28(29)20-16-22(27)2/h9-10,22-27H,11-21H2,1-8H3/b10-9+,29-28+. The smallest absolute Gasteiger partial charge is 0.0229 e. The lowest BCUT2D eigenvalue weighted by molar-refractivity contribution is 0.117. The quantitative estimate of drug-likeness (QED) is 0.317. The molecular formula is C30H54. The Hall–Kier alpha value is -0.520. The Labute approximate surface area is 190 Å². The van der Waals surface area contributed by atoms with Crippen molar-refractivity contribution in [3.63, 3.8) is 0 Å². The average molecular weight is 415 g/mol. The molecular weight excluding hydrogens is 360 g/mol. The van der Waals surface area contributed by atoms with Crippen LogP contribution in [0.25, 0.3) is 0 Å². The Balaban J connectivity index is 2.19. The van der Waals surface area contributed by atoms with Crippen LogP contribution < -0.4 is 0 Å².